The number of halogens is 3. The monoisotopic (exact) mass is 387 g/mol. The molecule has 1 aliphatic rings. The number of rotatable bonds is 4. The van der Waals surface area contributed by atoms with Crippen LogP contribution in [0.3, 0.4) is 0 Å². The Bertz CT molecular complexity index is 1030. The molecular formula is C21H20F3N3O. The van der Waals surface area contributed by atoms with Crippen molar-refractivity contribution in [1.29, 1.82) is 0 Å². The molecule has 2 aromatic heterocycles. The van der Waals surface area contributed by atoms with E-state index < -0.39 is 23.5 Å². The maximum atomic E-state index is 14.6. The van der Waals surface area contributed by atoms with Gasteiger partial charge in [-0.2, -0.15) is 4.39 Å². The van der Waals surface area contributed by atoms with E-state index in [1.54, 1.807) is 6.07 Å². The van der Waals surface area contributed by atoms with Gasteiger partial charge in [0.05, 0.1) is 16.5 Å². The molecule has 1 N–H and O–H groups in total. The highest BCUT2D eigenvalue weighted by Crippen LogP contribution is 2.28. The van der Waals surface area contributed by atoms with Gasteiger partial charge < -0.3 is 9.88 Å². The molecule has 0 saturated heterocycles. The first-order chi connectivity index (χ1) is 13.5. The molecule has 1 saturated carbocycles. The van der Waals surface area contributed by atoms with Crippen LogP contribution in [0, 0.1) is 17.6 Å². The fourth-order valence-electron chi connectivity index (χ4n) is 3.91. The minimum atomic E-state index is -0.662. The zero-order chi connectivity index (χ0) is 19.7. The lowest BCUT2D eigenvalue weighted by Gasteiger charge is -2.22. The fraction of sp³-hybridized carbons (Fsp3) is 0.333. The highest BCUT2D eigenvalue weighted by Gasteiger charge is 2.24. The molecule has 28 heavy (non-hydrogen) atoms. The Labute approximate surface area is 160 Å². The molecule has 146 valence electrons. The Balaban J connectivity index is 1.74. The second-order valence-electron chi connectivity index (χ2n) is 7.22. The van der Waals surface area contributed by atoms with Crippen LogP contribution in [0.5, 0.6) is 0 Å². The van der Waals surface area contributed by atoms with Crippen molar-refractivity contribution in [3.63, 3.8) is 0 Å². The lowest BCUT2D eigenvalue weighted by atomic mass is 9.95. The molecule has 0 spiro atoms. The van der Waals surface area contributed by atoms with E-state index in [1.165, 1.54) is 23.0 Å². The van der Waals surface area contributed by atoms with Gasteiger partial charge in [-0.05, 0) is 42.7 Å². The number of nitrogens with one attached hydrogen (secondary N) is 1. The van der Waals surface area contributed by atoms with Crippen LogP contribution in [0.15, 0.2) is 36.7 Å². The van der Waals surface area contributed by atoms with Gasteiger partial charge in [0.15, 0.2) is 0 Å². The molecule has 1 fully saturated rings. The van der Waals surface area contributed by atoms with Gasteiger partial charge in [0.2, 0.25) is 5.95 Å². The molecule has 2 heterocycles. The summed E-state index contributed by atoms with van der Waals surface area (Å²) >= 11 is 0. The van der Waals surface area contributed by atoms with E-state index in [2.05, 4.69) is 10.3 Å². The van der Waals surface area contributed by atoms with Crippen molar-refractivity contribution < 1.29 is 18.0 Å². The predicted molar refractivity (Wildman–Crippen MR) is 99.5 cm³/mol. The number of hydrogen-bond donors (Lipinski definition) is 1. The number of amides is 1. The summed E-state index contributed by atoms with van der Waals surface area (Å²) in [5.41, 5.74) is 0.616. The number of pyridine rings is 1. The number of benzene rings is 1. The summed E-state index contributed by atoms with van der Waals surface area (Å²) in [7, 11) is 0. The summed E-state index contributed by atoms with van der Waals surface area (Å²) in [5, 5.41) is 2.90. The summed E-state index contributed by atoms with van der Waals surface area (Å²) in [5.74, 6) is -2.37. The van der Waals surface area contributed by atoms with Crippen LogP contribution < -0.4 is 5.32 Å². The lowest BCUT2D eigenvalue weighted by Crippen LogP contribution is -2.36. The summed E-state index contributed by atoms with van der Waals surface area (Å²) in [4.78, 5) is 16.3. The highest BCUT2D eigenvalue weighted by molar-refractivity contribution is 6.07. The van der Waals surface area contributed by atoms with E-state index in [-0.39, 0.29) is 29.1 Å². The number of carbonyl (C=O) groups is 1. The van der Waals surface area contributed by atoms with Crippen LogP contribution in [0.1, 0.15) is 48.0 Å². The van der Waals surface area contributed by atoms with E-state index in [1.807, 2.05) is 0 Å². The van der Waals surface area contributed by atoms with E-state index in [0.717, 1.165) is 44.2 Å². The van der Waals surface area contributed by atoms with Gasteiger partial charge in [0, 0.05) is 25.0 Å². The molecule has 1 amide bonds. The Morgan fingerprint density at radius 2 is 1.86 bits per heavy atom. The predicted octanol–water partition coefficient (Wildman–Crippen LogP) is 4.56. The van der Waals surface area contributed by atoms with Crippen LogP contribution >= 0.6 is 0 Å². The third-order valence-corrected chi connectivity index (χ3v) is 5.25. The standard InChI is InChI=1S/C21H20F3N3O/c22-16-6-7-17(23)20-19(16)15(21(28)26-14-4-2-1-3-5-14)12-27(20)11-13-8-9-25-18(24)10-13/h6-10,12,14H,1-5,11H2,(H,26,28). The zero-order valence-corrected chi connectivity index (χ0v) is 15.2. The Morgan fingerprint density at radius 3 is 2.61 bits per heavy atom. The first-order valence-electron chi connectivity index (χ1n) is 9.41. The largest absolute Gasteiger partial charge is 0.349 e. The Kier molecular flexibility index (Phi) is 5.07. The Hall–Kier alpha value is -2.83. The zero-order valence-electron chi connectivity index (χ0n) is 15.2. The quantitative estimate of drug-likeness (QED) is 0.667. The number of nitrogens with zero attached hydrogens (tertiary/aromatic N) is 2. The normalized spacial score (nSPS) is 15.1. The van der Waals surface area contributed by atoms with Gasteiger partial charge in [0.25, 0.3) is 5.91 Å². The van der Waals surface area contributed by atoms with Crippen molar-refractivity contribution in [1.82, 2.24) is 14.9 Å². The minimum absolute atomic E-state index is 0.00832. The van der Waals surface area contributed by atoms with Crippen molar-refractivity contribution in [3.8, 4) is 0 Å². The topological polar surface area (TPSA) is 46.9 Å². The molecule has 0 atom stereocenters. The van der Waals surface area contributed by atoms with Gasteiger partial charge in [0.1, 0.15) is 11.6 Å². The molecule has 4 rings (SSSR count). The average molecular weight is 387 g/mol. The van der Waals surface area contributed by atoms with Crippen molar-refractivity contribution in [2.45, 2.75) is 44.7 Å². The van der Waals surface area contributed by atoms with Crippen molar-refractivity contribution >= 4 is 16.8 Å². The molecule has 1 aromatic carbocycles. The third-order valence-electron chi connectivity index (χ3n) is 5.25. The summed E-state index contributed by atoms with van der Waals surface area (Å²) < 4.78 is 43.9. The van der Waals surface area contributed by atoms with Crippen LogP contribution in [0.2, 0.25) is 0 Å². The average Bonchev–Trinajstić information content (AvgIpc) is 3.06. The van der Waals surface area contributed by atoms with Crippen molar-refractivity contribution in [2.24, 2.45) is 0 Å². The molecule has 0 aliphatic heterocycles. The second-order valence-corrected chi connectivity index (χ2v) is 7.22. The minimum Gasteiger partial charge on any atom is -0.349 e. The molecule has 4 nitrogen and oxygen atoms in total. The molecule has 1 aliphatic carbocycles. The SMILES string of the molecule is O=C(NC1CCCCC1)c1cn(Cc2ccnc(F)c2)c2c(F)ccc(F)c12. The van der Waals surface area contributed by atoms with E-state index in [9.17, 15) is 18.0 Å². The molecule has 3 aromatic rings. The van der Waals surface area contributed by atoms with Gasteiger partial charge >= 0.3 is 0 Å². The van der Waals surface area contributed by atoms with Gasteiger partial charge in [-0.25, -0.2) is 13.8 Å². The second kappa shape index (κ2) is 7.66. The van der Waals surface area contributed by atoms with Gasteiger partial charge in [-0.15, -0.1) is 0 Å². The van der Waals surface area contributed by atoms with E-state index in [0.29, 0.717) is 5.56 Å². The summed E-state index contributed by atoms with van der Waals surface area (Å²) in [6.45, 7) is 0.0903. The number of carbonyl (C=O) groups excluding carboxylic acids is 1. The van der Waals surface area contributed by atoms with Crippen LogP contribution in [-0.2, 0) is 6.54 Å². The first-order valence-corrected chi connectivity index (χ1v) is 9.41. The Morgan fingerprint density at radius 1 is 1.11 bits per heavy atom. The first kappa shape index (κ1) is 18.5. The number of fused-ring (bicyclic) bond motifs is 1. The number of hydrogen-bond acceptors (Lipinski definition) is 2. The molecule has 0 unspecified atom stereocenters. The van der Waals surface area contributed by atoms with E-state index >= 15 is 0 Å². The van der Waals surface area contributed by atoms with Crippen LogP contribution in [0.25, 0.3) is 10.9 Å². The maximum Gasteiger partial charge on any atom is 0.253 e. The van der Waals surface area contributed by atoms with Crippen LogP contribution in [-0.4, -0.2) is 21.5 Å². The molecular weight excluding hydrogens is 367 g/mol. The summed E-state index contributed by atoms with van der Waals surface area (Å²) in [6, 6.07) is 4.92. The summed E-state index contributed by atoms with van der Waals surface area (Å²) in [6.07, 6.45) is 7.76. The van der Waals surface area contributed by atoms with Gasteiger partial charge in [-0.1, -0.05) is 19.3 Å². The fourth-order valence-corrected chi connectivity index (χ4v) is 3.91. The number of aromatic nitrogens is 2. The lowest BCUT2D eigenvalue weighted by molar-refractivity contribution is 0.0929. The van der Waals surface area contributed by atoms with E-state index in [4.69, 9.17) is 0 Å². The van der Waals surface area contributed by atoms with Crippen LogP contribution in [0.4, 0.5) is 13.2 Å². The highest BCUT2D eigenvalue weighted by atomic mass is 19.1. The molecule has 7 heteroatoms. The smallest absolute Gasteiger partial charge is 0.253 e. The van der Waals surface area contributed by atoms with Crippen molar-refractivity contribution in [2.75, 3.05) is 0 Å². The van der Waals surface area contributed by atoms with Crippen molar-refractivity contribution in [3.05, 3.63) is 65.4 Å². The third kappa shape index (κ3) is 3.61. The maximum absolute atomic E-state index is 14.6. The molecule has 0 radical (unpaired) electrons. The molecule has 0 bridgehead atoms. The van der Waals surface area contributed by atoms with Gasteiger partial charge in [-0.3, -0.25) is 4.79 Å².